The number of alkyl halides is 2. The van der Waals surface area contributed by atoms with E-state index in [2.05, 4.69) is 25.6 Å². The van der Waals surface area contributed by atoms with Crippen molar-refractivity contribution in [3.05, 3.63) is 24.3 Å². The molecule has 1 heterocycles. The number of rotatable bonds is 7. The number of benzene rings is 1. The highest BCUT2D eigenvalue weighted by atomic mass is 32.2. The summed E-state index contributed by atoms with van der Waals surface area (Å²) in [5.74, 6) is -0.0303. The zero-order valence-electron chi connectivity index (χ0n) is 14.0. The van der Waals surface area contributed by atoms with Gasteiger partial charge in [-0.2, -0.15) is 8.78 Å². The quantitative estimate of drug-likeness (QED) is 0.737. The Hall–Kier alpha value is -2.23. The third kappa shape index (κ3) is 5.13. The maximum absolute atomic E-state index is 12.1. The second-order valence-electron chi connectivity index (χ2n) is 5.94. The van der Waals surface area contributed by atoms with Crippen molar-refractivity contribution in [1.82, 2.24) is 20.2 Å². The van der Waals surface area contributed by atoms with E-state index in [0.717, 1.165) is 12.8 Å². The number of carbonyl (C=O) groups excluding carboxylic acids is 1. The zero-order valence-corrected chi connectivity index (χ0v) is 14.8. The minimum atomic E-state index is -2.87. The Kier molecular flexibility index (Phi) is 6.37. The summed E-state index contributed by atoms with van der Waals surface area (Å²) in [6.07, 6.45) is 5.68. The first kappa shape index (κ1) is 18.6. The summed E-state index contributed by atoms with van der Waals surface area (Å²) >= 11 is 1.28. The predicted octanol–water partition coefficient (Wildman–Crippen LogP) is 3.51. The first-order valence-corrected chi connectivity index (χ1v) is 9.36. The Morgan fingerprint density at radius 1 is 1.27 bits per heavy atom. The molecule has 1 aromatic carbocycles. The van der Waals surface area contributed by atoms with Gasteiger partial charge in [0.15, 0.2) is 0 Å². The molecule has 0 saturated heterocycles. The molecule has 3 rings (SSSR count). The molecule has 0 spiro atoms. The van der Waals surface area contributed by atoms with Crippen LogP contribution in [-0.4, -0.2) is 38.5 Å². The second-order valence-corrected chi connectivity index (χ2v) is 6.88. The van der Waals surface area contributed by atoms with Crippen LogP contribution in [0.15, 0.2) is 29.4 Å². The largest absolute Gasteiger partial charge is 0.435 e. The van der Waals surface area contributed by atoms with Crippen molar-refractivity contribution in [2.75, 3.05) is 11.1 Å². The number of hydrogen-bond acceptors (Lipinski definition) is 6. The van der Waals surface area contributed by atoms with Gasteiger partial charge in [-0.05, 0) is 47.5 Å². The lowest BCUT2D eigenvalue weighted by atomic mass is 9.96. The van der Waals surface area contributed by atoms with Crippen LogP contribution in [-0.2, 0) is 4.79 Å². The van der Waals surface area contributed by atoms with Gasteiger partial charge in [0.2, 0.25) is 11.1 Å². The van der Waals surface area contributed by atoms with E-state index in [4.69, 9.17) is 0 Å². The molecule has 1 aromatic heterocycles. The Balaban J connectivity index is 1.51. The summed E-state index contributed by atoms with van der Waals surface area (Å²) in [6.45, 7) is -2.87. The van der Waals surface area contributed by atoms with E-state index in [1.165, 1.54) is 55.3 Å². The standard InChI is InChI=1S/C16H19F2N5O2S/c17-15(18)25-13-8-6-11(7-9-13)19-14(24)10-26-16-20-21-22-23(16)12-4-2-1-3-5-12/h6-9,12,15H,1-5,10H2,(H,19,24). The van der Waals surface area contributed by atoms with Crippen molar-refractivity contribution in [3.63, 3.8) is 0 Å². The first-order chi connectivity index (χ1) is 12.6. The number of hydrogen-bond donors (Lipinski definition) is 1. The number of nitrogens with one attached hydrogen (secondary N) is 1. The Morgan fingerprint density at radius 2 is 2.00 bits per heavy atom. The average Bonchev–Trinajstić information content (AvgIpc) is 3.11. The molecule has 0 bridgehead atoms. The van der Waals surface area contributed by atoms with Crippen LogP contribution in [0.5, 0.6) is 5.75 Å². The lowest BCUT2D eigenvalue weighted by Crippen LogP contribution is -2.17. The zero-order chi connectivity index (χ0) is 18.4. The number of ether oxygens (including phenoxy) is 1. The fourth-order valence-electron chi connectivity index (χ4n) is 2.88. The van der Waals surface area contributed by atoms with Gasteiger partial charge in [-0.3, -0.25) is 4.79 Å². The molecule has 0 atom stereocenters. The molecule has 0 unspecified atom stereocenters. The Bertz CT molecular complexity index is 720. The van der Waals surface area contributed by atoms with Crippen LogP contribution in [0.3, 0.4) is 0 Å². The number of aromatic nitrogens is 4. The molecule has 1 N–H and O–H groups in total. The molecule has 2 aromatic rings. The van der Waals surface area contributed by atoms with Crippen molar-refractivity contribution in [3.8, 4) is 5.75 Å². The van der Waals surface area contributed by atoms with Crippen molar-refractivity contribution in [2.45, 2.75) is 49.9 Å². The topological polar surface area (TPSA) is 81.9 Å². The summed E-state index contributed by atoms with van der Waals surface area (Å²) in [7, 11) is 0. The van der Waals surface area contributed by atoms with E-state index in [1.54, 1.807) is 0 Å². The van der Waals surface area contributed by atoms with Crippen molar-refractivity contribution in [1.29, 1.82) is 0 Å². The molecular formula is C16H19F2N5O2S. The number of nitrogens with zero attached hydrogens (tertiary/aromatic N) is 4. The Morgan fingerprint density at radius 3 is 2.69 bits per heavy atom. The van der Waals surface area contributed by atoms with Crippen molar-refractivity contribution < 1.29 is 18.3 Å². The van der Waals surface area contributed by atoms with E-state index >= 15 is 0 Å². The highest BCUT2D eigenvalue weighted by molar-refractivity contribution is 7.99. The highest BCUT2D eigenvalue weighted by Gasteiger charge is 2.20. The number of thioether (sulfide) groups is 1. The average molecular weight is 383 g/mol. The SMILES string of the molecule is O=C(CSc1nnnn1C1CCCCC1)Nc1ccc(OC(F)F)cc1. The molecule has 1 aliphatic rings. The number of tetrazole rings is 1. The third-order valence-corrected chi connectivity index (χ3v) is 5.01. The molecule has 1 fully saturated rings. The molecule has 1 aliphatic carbocycles. The first-order valence-electron chi connectivity index (χ1n) is 8.37. The fourth-order valence-corrected chi connectivity index (χ4v) is 3.63. The van der Waals surface area contributed by atoms with E-state index < -0.39 is 6.61 Å². The fraction of sp³-hybridized carbons (Fsp3) is 0.500. The van der Waals surface area contributed by atoms with Crippen LogP contribution in [0.1, 0.15) is 38.1 Å². The van der Waals surface area contributed by atoms with Crippen LogP contribution in [0.4, 0.5) is 14.5 Å². The van der Waals surface area contributed by atoms with Crippen LogP contribution >= 0.6 is 11.8 Å². The molecule has 0 aliphatic heterocycles. The Labute approximate surface area is 153 Å². The number of anilines is 1. The number of amides is 1. The summed E-state index contributed by atoms with van der Waals surface area (Å²) in [5.41, 5.74) is 0.504. The van der Waals surface area contributed by atoms with Crippen molar-refractivity contribution >= 4 is 23.4 Å². The molecule has 10 heteroatoms. The summed E-state index contributed by atoms with van der Waals surface area (Å²) in [6, 6.07) is 6.06. The van der Waals surface area contributed by atoms with E-state index in [-0.39, 0.29) is 17.4 Å². The van der Waals surface area contributed by atoms with Gasteiger partial charge in [-0.15, -0.1) is 5.10 Å². The predicted molar refractivity (Wildman–Crippen MR) is 92.4 cm³/mol. The minimum Gasteiger partial charge on any atom is -0.435 e. The minimum absolute atomic E-state index is 0.0408. The van der Waals surface area contributed by atoms with Gasteiger partial charge in [-0.1, -0.05) is 31.0 Å². The summed E-state index contributed by atoms with van der Waals surface area (Å²) in [5, 5.41) is 15.1. The van der Waals surface area contributed by atoms with E-state index in [1.807, 2.05) is 4.68 Å². The van der Waals surface area contributed by atoms with Gasteiger partial charge in [0.1, 0.15) is 5.75 Å². The third-order valence-electron chi connectivity index (χ3n) is 4.08. The molecular weight excluding hydrogens is 364 g/mol. The van der Waals surface area contributed by atoms with Gasteiger partial charge in [0.25, 0.3) is 0 Å². The van der Waals surface area contributed by atoms with E-state index in [0.29, 0.717) is 16.9 Å². The number of halogens is 2. The normalized spacial score (nSPS) is 15.2. The molecule has 1 saturated carbocycles. The van der Waals surface area contributed by atoms with Crippen molar-refractivity contribution in [2.24, 2.45) is 0 Å². The van der Waals surface area contributed by atoms with Gasteiger partial charge >= 0.3 is 6.61 Å². The molecule has 7 nitrogen and oxygen atoms in total. The summed E-state index contributed by atoms with van der Waals surface area (Å²) in [4.78, 5) is 12.1. The second kappa shape index (κ2) is 8.93. The number of carbonyl (C=O) groups is 1. The van der Waals surface area contributed by atoms with E-state index in [9.17, 15) is 13.6 Å². The smallest absolute Gasteiger partial charge is 0.387 e. The van der Waals surface area contributed by atoms with Crippen LogP contribution < -0.4 is 10.1 Å². The van der Waals surface area contributed by atoms with Crippen LogP contribution in [0, 0.1) is 0 Å². The van der Waals surface area contributed by atoms with Crippen LogP contribution in [0.2, 0.25) is 0 Å². The lowest BCUT2D eigenvalue weighted by molar-refractivity contribution is -0.113. The maximum atomic E-state index is 12.1. The summed E-state index contributed by atoms with van der Waals surface area (Å²) < 4.78 is 30.3. The van der Waals surface area contributed by atoms with Crippen LogP contribution in [0.25, 0.3) is 0 Å². The monoisotopic (exact) mass is 383 g/mol. The van der Waals surface area contributed by atoms with Gasteiger partial charge in [0, 0.05) is 5.69 Å². The molecule has 1 amide bonds. The van der Waals surface area contributed by atoms with Gasteiger partial charge < -0.3 is 10.1 Å². The van der Waals surface area contributed by atoms with Gasteiger partial charge in [0.05, 0.1) is 11.8 Å². The maximum Gasteiger partial charge on any atom is 0.387 e. The lowest BCUT2D eigenvalue weighted by Gasteiger charge is -2.21. The molecule has 26 heavy (non-hydrogen) atoms. The highest BCUT2D eigenvalue weighted by Crippen LogP contribution is 2.30. The molecule has 140 valence electrons. The van der Waals surface area contributed by atoms with Gasteiger partial charge in [-0.25, -0.2) is 4.68 Å². The molecule has 0 radical (unpaired) electrons.